The van der Waals surface area contributed by atoms with Gasteiger partial charge in [-0.2, -0.15) is 5.43 Å². The van der Waals surface area contributed by atoms with Crippen molar-refractivity contribution in [2.75, 3.05) is 27.2 Å². The largest absolute Gasteiger partial charge is 0.308 e. The van der Waals surface area contributed by atoms with Gasteiger partial charge >= 0.3 is 0 Å². The summed E-state index contributed by atoms with van der Waals surface area (Å²) in [6.07, 6.45) is 0. The molecule has 0 radical (unpaired) electrons. The van der Waals surface area contributed by atoms with Crippen LogP contribution < -0.4 is 11.3 Å². The van der Waals surface area contributed by atoms with Crippen molar-refractivity contribution in [1.29, 1.82) is 0 Å². The summed E-state index contributed by atoms with van der Waals surface area (Å²) < 4.78 is 0. The highest BCUT2D eigenvalue weighted by Crippen LogP contribution is 1.65. The Morgan fingerprint density at radius 1 is 1.57 bits per heavy atom. The molecular weight excluding hydrogens is 90.1 g/mol. The Hall–Kier alpha value is -0.120. The summed E-state index contributed by atoms with van der Waals surface area (Å²) >= 11 is 0. The van der Waals surface area contributed by atoms with Crippen LogP contribution in [0.15, 0.2) is 0 Å². The standard InChI is InChI=1S/C4H13N3/c1-7(2)4-3-6-5/h6H,3-5H2,1-2H3/p+1. The molecule has 0 aromatic rings. The number of hydrogen-bond donors (Lipinski definition) is 2. The van der Waals surface area contributed by atoms with Gasteiger partial charge in [0.1, 0.15) is 0 Å². The molecule has 3 heteroatoms. The van der Waals surface area contributed by atoms with Crippen LogP contribution in [0.5, 0.6) is 0 Å². The lowest BCUT2D eigenvalue weighted by atomic mass is 10.6. The van der Waals surface area contributed by atoms with Gasteiger partial charge in [0.15, 0.2) is 0 Å². The van der Waals surface area contributed by atoms with Gasteiger partial charge in [0.2, 0.25) is 0 Å². The van der Waals surface area contributed by atoms with E-state index in [1.165, 1.54) is 0 Å². The summed E-state index contributed by atoms with van der Waals surface area (Å²) in [6.45, 7) is 2.02. The predicted molar refractivity (Wildman–Crippen MR) is 29.4 cm³/mol. The molecule has 0 spiro atoms. The van der Waals surface area contributed by atoms with Crippen molar-refractivity contribution in [3.63, 3.8) is 0 Å². The first-order chi connectivity index (χ1) is 3.27. The lowest BCUT2D eigenvalue weighted by molar-refractivity contribution is -0.442. The van der Waals surface area contributed by atoms with Crippen LogP contribution in [-0.2, 0) is 0 Å². The number of hydrogen-bond acceptors (Lipinski definition) is 2. The minimum absolute atomic E-state index is 0.965. The van der Waals surface area contributed by atoms with Crippen LogP contribution >= 0.6 is 0 Å². The fourth-order valence-electron chi connectivity index (χ4n) is 0.303. The van der Waals surface area contributed by atoms with Crippen molar-refractivity contribution in [2.45, 2.75) is 0 Å². The first kappa shape index (κ1) is 6.88. The fraction of sp³-hybridized carbons (Fsp3) is 1.00. The Morgan fingerprint density at radius 2 is 2.14 bits per heavy atom. The molecule has 7 heavy (non-hydrogen) atoms. The molecule has 0 saturated carbocycles. The fourth-order valence-corrected chi connectivity index (χ4v) is 0.303. The zero-order chi connectivity index (χ0) is 5.70. The van der Waals surface area contributed by atoms with Gasteiger partial charge in [-0.25, -0.2) is 0 Å². The molecule has 3 nitrogen and oxygen atoms in total. The molecule has 44 valence electrons. The van der Waals surface area contributed by atoms with E-state index in [-0.39, 0.29) is 0 Å². The molecule has 0 heterocycles. The van der Waals surface area contributed by atoms with Gasteiger partial charge < -0.3 is 4.90 Å². The molecule has 0 aliphatic carbocycles. The van der Waals surface area contributed by atoms with Crippen molar-refractivity contribution >= 4 is 0 Å². The average molecular weight is 104 g/mol. The highest BCUT2D eigenvalue weighted by molar-refractivity contribution is 4.39. The average Bonchev–Trinajstić information content (AvgIpc) is 1.61. The van der Waals surface area contributed by atoms with E-state index >= 15 is 0 Å². The van der Waals surface area contributed by atoms with Crippen molar-refractivity contribution < 1.29 is 5.84 Å². The first-order valence-corrected chi connectivity index (χ1v) is 2.42. The van der Waals surface area contributed by atoms with E-state index in [0.29, 0.717) is 0 Å². The third-order valence-corrected chi connectivity index (χ3v) is 0.736. The molecule has 0 saturated heterocycles. The number of nitrogens with zero attached hydrogens (tertiary/aromatic N) is 1. The van der Waals surface area contributed by atoms with Crippen LogP contribution in [0.1, 0.15) is 0 Å². The van der Waals surface area contributed by atoms with Crippen molar-refractivity contribution in [3.8, 4) is 0 Å². The van der Waals surface area contributed by atoms with Gasteiger partial charge in [0, 0.05) is 6.54 Å². The molecular formula is C4H14N3+. The number of likely N-dealkylation sites (N-methyl/N-ethyl adjacent to an activating group) is 1. The van der Waals surface area contributed by atoms with Gasteiger partial charge in [0.05, 0.1) is 6.54 Å². The molecule has 0 aliphatic heterocycles. The van der Waals surface area contributed by atoms with E-state index in [1.807, 2.05) is 14.1 Å². The van der Waals surface area contributed by atoms with E-state index in [0.717, 1.165) is 13.1 Å². The third-order valence-electron chi connectivity index (χ3n) is 0.736. The van der Waals surface area contributed by atoms with Gasteiger partial charge in [-0.3, -0.25) is 5.84 Å². The minimum Gasteiger partial charge on any atom is -0.308 e. The number of nitrogens with one attached hydrogen (secondary N) is 1. The second kappa shape index (κ2) is 4.05. The molecule has 0 aliphatic rings. The maximum absolute atomic E-state index is 3.48. The van der Waals surface area contributed by atoms with E-state index in [2.05, 4.69) is 16.2 Å². The Kier molecular flexibility index (Phi) is 3.98. The quantitative estimate of drug-likeness (QED) is 0.419. The molecule has 0 amide bonds. The maximum atomic E-state index is 3.48. The number of rotatable bonds is 3. The summed E-state index contributed by atoms with van der Waals surface area (Å²) in [5, 5.41) is 0. The smallest absolute Gasteiger partial charge is 0.0570 e. The molecule has 0 aromatic heterocycles. The molecule has 0 atom stereocenters. The van der Waals surface area contributed by atoms with E-state index in [9.17, 15) is 0 Å². The van der Waals surface area contributed by atoms with Gasteiger partial charge in [-0.05, 0) is 14.1 Å². The van der Waals surface area contributed by atoms with Crippen LogP contribution in [-0.4, -0.2) is 32.1 Å². The van der Waals surface area contributed by atoms with Crippen LogP contribution in [0.3, 0.4) is 0 Å². The summed E-state index contributed by atoms with van der Waals surface area (Å²) in [5.74, 6) is 3.48. The van der Waals surface area contributed by atoms with Crippen LogP contribution in [0.2, 0.25) is 0 Å². The van der Waals surface area contributed by atoms with Gasteiger partial charge in [0.25, 0.3) is 0 Å². The van der Waals surface area contributed by atoms with Crippen molar-refractivity contribution in [2.24, 2.45) is 0 Å². The molecule has 0 bridgehead atoms. The van der Waals surface area contributed by atoms with E-state index in [1.54, 1.807) is 0 Å². The maximum Gasteiger partial charge on any atom is 0.0570 e. The lowest BCUT2D eigenvalue weighted by Gasteiger charge is -2.05. The second-order valence-corrected chi connectivity index (χ2v) is 1.80. The highest BCUT2D eigenvalue weighted by Gasteiger charge is 1.84. The van der Waals surface area contributed by atoms with Gasteiger partial charge in [-0.1, -0.05) is 0 Å². The predicted octanol–water partition coefficient (Wildman–Crippen LogP) is -1.71. The van der Waals surface area contributed by atoms with Crippen LogP contribution in [0, 0.1) is 0 Å². The molecule has 0 aromatic carbocycles. The minimum atomic E-state index is 0.965. The highest BCUT2D eigenvalue weighted by atomic mass is 15.2. The zero-order valence-corrected chi connectivity index (χ0v) is 5.07. The Bertz CT molecular complexity index is 35.9. The van der Waals surface area contributed by atoms with E-state index in [4.69, 9.17) is 0 Å². The Balaban J connectivity index is 2.68. The van der Waals surface area contributed by atoms with E-state index < -0.39 is 0 Å². The Morgan fingerprint density at radius 3 is 2.29 bits per heavy atom. The van der Waals surface area contributed by atoms with Crippen LogP contribution in [0.25, 0.3) is 0 Å². The second-order valence-electron chi connectivity index (χ2n) is 1.80. The monoisotopic (exact) mass is 104 g/mol. The molecule has 0 unspecified atom stereocenters. The SMILES string of the molecule is CN(C)CCN[NH3+]. The summed E-state index contributed by atoms with van der Waals surface area (Å²) in [4.78, 5) is 2.11. The normalized spacial score (nSPS) is 10.3. The molecule has 4 N–H and O–H groups in total. The molecule has 0 rings (SSSR count). The summed E-state index contributed by atoms with van der Waals surface area (Å²) in [7, 11) is 4.08. The first-order valence-electron chi connectivity index (χ1n) is 2.42. The Labute approximate surface area is 44.5 Å². The zero-order valence-electron chi connectivity index (χ0n) is 5.07. The van der Waals surface area contributed by atoms with Crippen LogP contribution in [0.4, 0.5) is 0 Å². The summed E-state index contributed by atoms with van der Waals surface area (Å²) in [5.41, 5.74) is 2.81. The van der Waals surface area contributed by atoms with Crippen molar-refractivity contribution in [1.82, 2.24) is 10.3 Å². The van der Waals surface area contributed by atoms with Gasteiger partial charge in [-0.15, -0.1) is 0 Å². The van der Waals surface area contributed by atoms with Crippen molar-refractivity contribution in [3.05, 3.63) is 0 Å². The lowest BCUT2D eigenvalue weighted by Crippen LogP contribution is -2.65. The third kappa shape index (κ3) is 5.88. The number of quaternary nitrogens is 1. The molecule has 0 fully saturated rings. The summed E-state index contributed by atoms with van der Waals surface area (Å²) in [6, 6.07) is 0. The topological polar surface area (TPSA) is 42.9 Å².